The number of likely N-dealkylation sites (tertiary alicyclic amines) is 3. The lowest BCUT2D eigenvalue weighted by Crippen LogP contribution is -2.53. The Morgan fingerprint density at radius 3 is 2.66 bits per heavy atom. The van der Waals surface area contributed by atoms with Gasteiger partial charge in [0.1, 0.15) is 6.04 Å². The minimum absolute atomic E-state index is 0.0501. The Bertz CT molecular complexity index is 830. The number of nitriles is 1. The minimum Gasteiger partial charge on any atom is -0.330 e. The van der Waals surface area contributed by atoms with Gasteiger partial charge in [0, 0.05) is 31.6 Å². The van der Waals surface area contributed by atoms with Crippen molar-refractivity contribution in [1.82, 2.24) is 14.7 Å². The maximum atomic E-state index is 13.1. The first-order chi connectivity index (χ1) is 13.9. The van der Waals surface area contributed by atoms with Gasteiger partial charge >= 0.3 is 0 Å². The van der Waals surface area contributed by atoms with Gasteiger partial charge in [-0.2, -0.15) is 5.26 Å². The monoisotopic (exact) mass is 394 g/mol. The van der Waals surface area contributed by atoms with Crippen molar-refractivity contribution in [1.29, 1.82) is 5.26 Å². The average molecular weight is 395 g/mol. The zero-order chi connectivity index (χ0) is 20.7. The highest BCUT2D eigenvalue weighted by Crippen LogP contribution is 2.38. The predicted molar refractivity (Wildman–Crippen MR) is 110 cm³/mol. The topological polar surface area (TPSA) is 67.7 Å². The fourth-order valence-corrected chi connectivity index (χ4v) is 5.28. The van der Waals surface area contributed by atoms with E-state index in [-0.39, 0.29) is 41.9 Å². The highest BCUT2D eigenvalue weighted by atomic mass is 16.2. The predicted octanol–water partition coefficient (Wildman–Crippen LogP) is 2.49. The van der Waals surface area contributed by atoms with E-state index in [9.17, 15) is 14.9 Å². The van der Waals surface area contributed by atoms with Crippen molar-refractivity contribution in [3.63, 3.8) is 0 Å². The van der Waals surface area contributed by atoms with E-state index in [2.05, 4.69) is 49.1 Å². The molecule has 0 saturated carbocycles. The van der Waals surface area contributed by atoms with E-state index in [0.29, 0.717) is 13.1 Å². The number of nitrogens with zero attached hydrogens (tertiary/aromatic N) is 4. The quantitative estimate of drug-likeness (QED) is 0.770. The molecule has 2 bridgehead atoms. The normalized spacial score (nSPS) is 28.6. The van der Waals surface area contributed by atoms with Crippen molar-refractivity contribution in [2.45, 2.75) is 64.2 Å². The molecular formula is C23H30N4O2. The van der Waals surface area contributed by atoms with Crippen LogP contribution in [0, 0.1) is 24.2 Å². The number of aryl methyl sites for hydroxylation is 1. The van der Waals surface area contributed by atoms with Gasteiger partial charge in [-0.15, -0.1) is 0 Å². The number of hydrogen-bond acceptors (Lipinski definition) is 4. The molecule has 0 radical (unpaired) electrons. The van der Waals surface area contributed by atoms with Crippen LogP contribution in [-0.2, 0) is 9.59 Å². The standard InChI is InChI=1S/C23H30N4O2/c1-15-6-8-18(9-7-15)17(3)27-20-11-21(23(27)29)25(14-20)13-16(2)22(28)26-10-4-5-19(26)12-24/h6-9,16-17,19-21H,4-5,10-11,13-14H2,1-3H3/t16-,17+,19-,20?,21+/m0/s1. The summed E-state index contributed by atoms with van der Waals surface area (Å²) in [6.07, 6.45) is 2.52. The number of carbonyl (C=O) groups excluding carboxylic acids is 2. The van der Waals surface area contributed by atoms with Gasteiger partial charge in [-0.3, -0.25) is 14.5 Å². The van der Waals surface area contributed by atoms with Crippen molar-refractivity contribution in [3.05, 3.63) is 35.4 Å². The van der Waals surface area contributed by atoms with E-state index in [1.54, 1.807) is 4.90 Å². The summed E-state index contributed by atoms with van der Waals surface area (Å²) < 4.78 is 0. The van der Waals surface area contributed by atoms with Gasteiger partial charge in [-0.1, -0.05) is 36.8 Å². The van der Waals surface area contributed by atoms with Crippen LogP contribution in [-0.4, -0.2) is 64.3 Å². The maximum Gasteiger partial charge on any atom is 0.240 e. The van der Waals surface area contributed by atoms with Gasteiger partial charge in [0.05, 0.1) is 18.2 Å². The molecule has 0 spiro atoms. The molecule has 3 heterocycles. The third kappa shape index (κ3) is 3.53. The van der Waals surface area contributed by atoms with Crippen LogP contribution in [0.1, 0.15) is 50.3 Å². The Morgan fingerprint density at radius 1 is 1.28 bits per heavy atom. The zero-order valence-electron chi connectivity index (χ0n) is 17.5. The summed E-state index contributed by atoms with van der Waals surface area (Å²) in [4.78, 5) is 31.9. The van der Waals surface area contributed by atoms with Gasteiger partial charge in [0.25, 0.3) is 0 Å². The number of carbonyl (C=O) groups is 2. The van der Waals surface area contributed by atoms with E-state index < -0.39 is 0 Å². The van der Waals surface area contributed by atoms with Crippen molar-refractivity contribution in [2.24, 2.45) is 5.92 Å². The summed E-state index contributed by atoms with van der Waals surface area (Å²) in [7, 11) is 0. The van der Waals surface area contributed by atoms with Crippen molar-refractivity contribution in [2.75, 3.05) is 19.6 Å². The average Bonchev–Trinajstić information content (AvgIpc) is 3.41. The SMILES string of the molecule is Cc1ccc([C@@H](C)N2C(=O)[C@H]3CC2CN3C[C@H](C)C(=O)N2CCC[C@H]2C#N)cc1. The smallest absolute Gasteiger partial charge is 0.240 e. The van der Waals surface area contributed by atoms with Gasteiger partial charge in [0.2, 0.25) is 11.8 Å². The van der Waals surface area contributed by atoms with Crippen LogP contribution in [0.15, 0.2) is 24.3 Å². The second-order valence-electron chi connectivity index (χ2n) is 8.91. The number of piperazine rings is 1. The highest BCUT2D eigenvalue weighted by Gasteiger charge is 2.51. The molecule has 3 fully saturated rings. The molecule has 4 rings (SSSR count). The molecule has 6 heteroatoms. The van der Waals surface area contributed by atoms with Gasteiger partial charge in [-0.25, -0.2) is 0 Å². The molecule has 1 aromatic rings. The van der Waals surface area contributed by atoms with E-state index in [0.717, 1.165) is 25.8 Å². The summed E-state index contributed by atoms with van der Waals surface area (Å²) in [6, 6.07) is 10.5. The van der Waals surface area contributed by atoms with E-state index in [1.165, 1.54) is 11.1 Å². The molecule has 3 aliphatic rings. The first-order valence-corrected chi connectivity index (χ1v) is 10.7. The molecule has 5 atom stereocenters. The third-order valence-electron chi connectivity index (χ3n) is 6.91. The van der Waals surface area contributed by atoms with E-state index in [1.807, 2.05) is 11.8 Å². The summed E-state index contributed by atoms with van der Waals surface area (Å²) in [5, 5.41) is 9.26. The lowest BCUT2D eigenvalue weighted by atomic mass is 10.0. The maximum absolute atomic E-state index is 13.1. The van der Waals surface area contributed by atoms with Crippen LogP contribution < -0.4 is 0 Å². The number of amides is 2. The van der Waals surface area contributed by atoms with Crippen molar-refractivity contribution >= 4 is 11.8 Å². The van der Waals surface area contributed by atoms with Crippen LogP contribution >= 0.6 is 0 Å². The Morgan fingerprint density at radius 2 is 2.00 bits per heavy atom. The molecule has 3 saturated heterocycles. The molecule has 6 nitrogen and oxygen atoms in total. The number of rotatable bonds is 5. The van der Waals surface area contributed by atoms with Crippen molar-refractivity contribution < 1.29 is 9.59 Å². The Balaban J connectivity index is 1.39. The Hall–Kier alpha value is -2.39. The first-order valence-electron chi connectivity index (χ1n) is 10.7. The third-order valence-corrected chi connectivity index (χ3v) is 6.91. The summed E-state index contributed by atoms with van der Waals surface area (Å²) in [6.45, 7) is 8.19. The Labute approximate surface area is 173 Å². The molecule has 0 aromatic heterocycles. The van der Waals surface area contributed by atoms with Crippen LogP contribution in [0.25, 0.3) is 0 Å². The molecule has 1 aromatic carbocycles. The summed E-state index contributed by atoms with van der Waals surface area (Å²) >= 11 is 0. The molecule has 1 unspecified atom stereocenters. The molecule has 0 aliphatic carbocycles. The van der Waals surface area contributed by atoms with Gasteiger partial charge in [-0.05, 0) is 38.7 Å². The first kappa shape index (κ1) is 19.9. The van der Waals surface area contributed by atoms with Gasteiger partial charge in [0.15, 0.2) is 0 Å². The van der Waals surface area contributed by atoms with E-state index in [4.69, 9.17) is 0 Å². The van der Waals surface area contributed by atoms with Crippen LogP contribution in [0.4, 0.5) is 0 Å². The summed E-state index contributed by atoms with van der Waals surface area (Å²) in [5.41, 5.74) is 2.39. The van der Waals surface area contributed by atoms with E-state index >= 15 is 0 Å². The Kier molecular flexibility index (Phi) is 5.35. The molecule has 154 valence electrons. The molecule has 2 amide bonds. The molecule has 29 heavy (non-hydrogen) atoms. The van der Waals surface area contributed by atoms with Crippen LogP contribution in [0.3, 0.4) is 0 Å². The summed E-state index contributed by atoms with van der Waals surface area (Å²) in [5.74, 6) is 0.0401. The zero-order valence-corrected chi connectivity index (χ0v) is 17.5. The fraction of sp³-hybridized carbons (Fsp3) is 0.609. The highest BCUT2D eigenvalue weighted by molar-refractivity contribution is 5.86. The largest absolute Gasteiger partial charge is 0.330 e. The number of benzene rings is 1. The van der Waals surface area contributed by atoms with Gasteiger partial charge < -0.3 is 9.80 Å². The number of hydrogen-bond donors (Lipinski definition) is 0. The van der Waals surface area contributed by atoms with Crippen molar-refractivity contribution in [3.8, 4) is 6.07 Å². The van der Waals surface area contributed by atoms with Crippen LogP contribution in [0.2, 0.25) is 0 Å². The molecule has 3 aliphatic heterocycles. The minimum atomic E-state index is -0.285. The fourth-order valence-electron chi connectivity index (χ4n) is 5.28. The number of fused-ring (bicyclic) bond motifs is 2. The molecule has 0 N–H and O–H groups in total. The second kappa shape index (κ2) is 7.79. The van der Waals surface area contributed by atoms with Crippen LogP contribution in [0.5, 0.6) is 0 Å². The molecular weight excluding hydrogens is 364 g/mol. The lowest BCUT2D eigenvalue weighted by molar-refractivity contribution is -0.142. The lowest BCUT2D eigenvalue weighted by Gasteiger charge is -2.38. The second-order valence-corrected chi connectivity index (χ2v) is 8.91.